The van der Waals surface area contributed by atoms with Crippen LogP contribution in [0.2, 0.25) is 0 Å². The summed E-state index contributed by atoms with van der Waals surface area (Å²) in [5.41, 5.74) is 14.7. The number of fused-ring (bicyclic) bond motifs is 8. The summed E-state index contributed by atoms with van der Waals surface area (Å²) >= 11 is 0. The number of nitrogens with one attached hydrogen (secondary N) is 2. The molecule has 0 amide bonds. The van der Waals surface area contributed by atoms with E-state index in [2.05, 4.69) is 86.2 Å². The highest BCUT2D eigenvalue weighted by molar-refractivity contribution is 5.95. The molecule has 4 nitrogen and oxygen atoms in total. The van der Waals surface area contributed by atoms with E-state index in [1.807, 2.05) is 0 Å². The summed E-state index contributed by atoms with van der Waals surface area (Å²) in [5.74, 6) is 0. The average molecular weight is 535 g/mol. The smallest absolute Gasteiger partial charge is 0.0725 e. The van der Waals surface area contributed by atoms with Crippen LogP contribution in [0.5, 0.6) is 0 Å². The molecule has 0 unspecified atom stereocenters. The molecule has 5 heterocycles. The monoisotopic (exact) mass is 534 g/mol. The van der Waals surface area contributed by atoms with Gasteiger partial charge in [-0.2, -0.15) is 0 Å². The van der Waals surface area contributed by atoms with E-state index in [1.165, 1.54) is 78.4 Å². The number of allylic oxidation sites excluding steroid dienone is 2. The van der Waals surface area contributed by atoms with Gasteiger partial charge in [-0.15, -0.1) is 0 Å². The van der Waals surface area contributed by atoms with Gasteiger partial charge in [0.15, 0.2) is 0 Å². The van der Waals surface area contributed by atoms with E-state index in [4.69, 9.17) is 9.97 Å². The number of hydrogen-bond donors (Lipinski definition) is 2. The molecule has 0 spiro atoms. The quantitative estimate of drug-likeness (QED) is 0.190. The van der Waals surface area contributed by atoms with E-state index in [1.54, 1.807) is 0 Å². The van der Waals surface area contributed by atoms with Crippen LogP contribution in [0.15, 0.2) is 36.4 Å². The van der Waals surface area contributed by atoms with Gasteiger partial charge in [-0.05, 0) is 117 Å². The number of hydrogen-bond acceptors (Lipinski definition) is 2. The second kappa shape index (κ2) is 13.3. The van der Waals surface area contributed by atoms with Crippen LogP contribution in [0.25, 0.3) is 45.4 Å². The molecule has 40 heavy (non-hydrogen) atoms. The Kier molecular flexibility index (Phi) is 9.36. The molecule has 3 aromatic heterocycles. The predicted octanol–water partition coefficient (Wildman–Crippen LogP) is 10.5. The molecule has 5 rings (SSSR count). The summed E-state index contributed by atoms with van der Waals surface area (Å²) in [5, 5.41) is 0. The van der Waals surface area contributed by atoms with Crippen molar-refractivity contribution in [2.75, 3.05) is 0 Å². The van der Waals surface area contributed by atoms with Crippen molar-refractivity contribution >= 4 is 45.4 Å². The average Bonchev–Trinajstić information content (AvgIpc) is 3.74. The van der Waals surface area contributed by atoms with Gasteiger partial charge < -0.3 is 9.97 Å². The Labute approximate surface area is 240 Å². The summed E-state index contributed by atoms with van der Waals surface area (Å²) in [6.45, 7) is 9.16. The van der Waals surface area contributed by atoms with Crippen LogP contribution < -0.4 is 0 Å². The Balaban J connectivity index is 1.89. The molecule has 0 radical (unpaired) electrons. The fourth-order valence-corrected chi connectivity index (χ4v) is 5.94. The Morgan fingerprint density at radius 3 is 1.93 bits per heavy atom. The molecule has 3 aromatic rings. The van der Waals surface area contributed by atoms with Crippen molar-refractivity contribution < 1.29 is 0 Å². The van der Waals surface area contributed by atoms with Crippen LogP contribution in [0.1, 0.15) is 126 Å². The van der Waals surface area contributed by atoms with Gasteiger partial charge >= 0.3 is 0 Å². The van der Waals surface area contributed by atoms with Gasteiger partial charge in [-0.25, -0.2) is 9.97 Å². The molecule has 0 atom stereocenters. The number of nitrogens with zero attached hydrogens (tertiary/aromatic N) is 2. The number of aromatic nitrogens is 4. The third-order valence-corrected chi connectivity index (χ3v) is 8.15. The molecule has 0 saturated carbocycles. The molecule has 4 heteroatoms. The van der Waals surface area contributed by atoms with Gasteiger partial charge in [0.05, 0.1) is 22.8 Å². The van der Waals surface area contributed by atoms with Crippen molar-refractivity contribution in [2.45, 2.75) is 105 Å². The van der Waals surface area contributed by atoms with Crippen molar-refractivity contribution in [3.63, 3.8) is 0 Å². The standard InChI is InChI=1S/C36H46N4/c1-5-9-13-25-21-30-23-28-18-17-26(37-28)22-27-19-20-29(38-27)24-34-31(14-10-6-2)32(15-11-7-3)36(40-34)33(16-12-8-4)35(25)39-30/h17-24,37,39H,5-16H2,1-4H3. The van der Waals surface area contributed by atoms with E-state index in [0.29, 0.717) is 0 Å². The lowest BCUT2D eigenvalue weighted by Crippen LogP contribution is -1.97. The first-order valence-electron chi connectivity index (χ1n) is 15.8. The van der Waals surface area contributed by atoms with Crippen LogP contribution in [0.4, 0.5) is 0 Å². The minimum absolute atomic E-state index is 0.971. The highest BCUT2D eigenvalue weighted by atomic mass is 14.8. The summed E-state index contributed by atoms with van der Waals surface area (Å²) in [7, 11) is 0. The zero-order chi connectivity index (χ0) is 27.9. The lowest BCUT2D eigenvalue weighted by molar-refractivity contribution is 0.783. The Bertz CT molecular complexity index is 1550. The van der Waals surface area contributed by atoms with E-state index < -0.39 is 0 Å². The van der Waals surface area contributed by atoms with Crippen molar-refractivity contribution in [1.82, 2.24) is 19.9 Å². The van der Waals surface area contributed by atoms with Gasteiger partial charge in [0, 0.05) is 27.6 Å². The number of aromatic amines is 2. The zero-order valence-corrected chi connectivity index (χ0v) is 25.0. The van der Waals surface area contributed by atoms with Gasteiger partial charge in [-0.1, -0.05) is 53.4 Å². The van der Waals surface area contributed by atoms with Crippen LogP contribution in [-0.2, 0) is 12.8 Å². The van der Waals surface area contributed by atoms with E-state index in [0.717, 1.165) is 65.7 Å². The summed E-state index contributed by atoms with van der Waals surface area (Å²) in [6.07, 6.45) is 18.0. The second-order valence-corrected chi connectivity index (χ2v) is 11.4. The van der Waals surface area contributed by atoms with Crippen LogP contribution >= 0.6 is 0 Å². The van der Waals surface area contributed by atoms with Crippen LogP contribution in [-0.4, -0.2) is 19.9 Å². The fourth-order valence-electron chi connectivity index (χ4n) is 5.94. The topological polar surface area (TPSA) is 57.4 Å². The maximum Gasteiger partial charge on any atom is 0.0725 e. The van der Waals surface area contributed by atoms with Gasteiger partial charge in [0.1, 0.15) is 0 Å². The van der Waals surface area contributed by atoms with Crippen LogP contribution in [0.3, 0.4) is 0 Å². The maximum absolute atomic E-state index is 5.50. The van der Waals surface area contributed by atoms with E-state index >= 15 is 0 Å². The SMILES string of the molecule is CCCCC1=C(CCCC)c2nc1cc1nc(cc3ccc(cc4cc(CCCC)c([nH]4)c2CCCC)[nH]3)C=C1. The van der Waals surface area contributed by atoms with Gasteiger partial charge in [-0.3, -0.25) is 0 Å². The molecule has 0 saturated heterocycles. The molecule has 0 fully saturated rings. The Morgan fingerprint density at radius 1 is 0.575 bits per heavy atom. The maximum atomic E-state index is 5.50. The summed E-state index contributed by atoms with van der Waals surface area (Å²) in [6, 6.07) is 13.3. The molecule has 2 N–H and O–H groups in total. The zero-order valence-electron chi connectivity index (χ0n) is 25.0. The molecule has 2 aliphatic rings. The minimum Gasteiger partial charge on any atom is -0.355 e. The van der Waals surface area contributed by atoms with E-state index in [-0.39, 0.29) is 0 Å². The number of rotatable bonds is 12. The summed E-state index contributed by atoms with van der Waals surface area (Å²) in [4.78, 5) is 17.9. The highest BCUT2D eigenvalue weighted by Gasteiger charge is 2.23. The largest absolute Gasteiger partial charge is 0.355 e. The Morgan fingerprint density at radius 2 is 1.20 bits per heavy atom. The normalized spacial score (nSPS) is 13.0. The number of aryl methyl sites for hydroxylation is 2. The third-order valence-electron chi connectivity index (χ3n) is 8.15. The predicted molar refractivity (Wildman–Crippen MR) is 173 cm³/mol. The molecule has 0 aromatic carbocycles. The Hall–Kier alpha value is -3.40. The molecular formula is C36H46N4. The first-order chi connectivity index (χ1) is 19.6. The van der Waals surface area contributed by atoms with Crippen molar-refractivity contribution in [1.29, 1.82) is 0 Å². The van der Waals surface area contributed by atoms with Crippen LogP contribution in [0, 0.1) is 0 Å². The lowest BCUT2D eigenvalue weighted by atomic mass is 9.92. The van der Waals surface area contributed by atoms with E-state index in [9.17, 15) is 0 Å². The molecule has 0 aliphatic carbocycles. The first kappa shape index (κ1) is 28.1. The molecule has 2 aliphatic heterocycles. The van der Waals surface area contributed by atoms with Crippen molar-refractivity contribution in [3.05, 3.63) is 70.3 Å². The fraction of sp³-hybridized carbons (Fsp3) is 0.444. The molecule has 8 bridgehead atoms. The lowest BCUT2D eigenvalue weighted by Gasteiger charge is -2.12. The first-order valence-corrected chi connectivity index (χ1v) is 15.8. The molecular weight excluding hydrogens is 488 g/mol. The third kappa shape index (κ3) is 6.32. The van der Waals surface area contributed by atoms with Crippen molar-refractivity contribution in [3.8, 4) is 0 Å². The number of H-pyrrole nitrogens is 2. The number of unbranched alkanes of at least 4 members (excludes halogenated alkanes) is 4. The van der Waals surface area contributed by atoms with Crippen molar-refractivity contribution in [2.24, 2.45) is 0 Å². The second-order valence-electron chi connectivity index (χ2n) is 11.4. The highest BCUT2D eigenvalue weighted by Crippen LogP contribution is 2.40. The summed E-state index contributed by atoms with van der Waals surface area (Å²) < 4.78 is 0. The molecule has 210 valence electrons. The van der Waals surface area contributed by atoms with Gasteiger partial charge in [0.2, 0.25) is 0 Å². The minimum atomic E-state index is 0.971. The van der Waals surface area contributed by atoms with Gasteiger partial charge in [0.25, 0.3) is 0 Å².